The summed E-state index contributed by atoms with van der Waals surface area (Å²) in [7, 11) is 3.56. The summed E-state index contributed by atoms with van der Waals surface area (Å²) >= 11 is 0. The lowest BCUT2D eigenvalue weighted by Crippen LogP contribution is -2.45. The number of hydrogen-bond acceptors (Lipinski definition) is 4. The molecule has 0 unspecified atom stereocenters. The zero-order valence-corrected chi connectivity index (χ0v) is 14.4. The molecule has 6 heteroatoms. The molecule has 1 saturated heterocycles. The number of amides is 1. The SMILES string of the molecule is COc1ccc(/C=C/C(=O)NCCCN2CCN(C)CC2)cc1F. The minimum atomic E-state index is -0.438. The van der Waals surface area contributed by atoms with Crippen LogP contribution in [-0.2, 0) is 4.79 Å². The van der Waals surface area contributed by atoms with Gasteiger partial charge in [-0.05, 0) is 43.8 Å². The number of rotatable bonds is 7. The zero-order valence-electron chi connectivity index (χ0n) is 14.4. The van der Waals surface area contributed by atoms with Crippen molar-refractivity contribution in [3.63, 3.8) is 0 Å². The largest absolute Gasteiger partial charge is 0.494 e. The van der Waals surface area contributed by atoms with Gasteiger partial charge in [-0.2, -0.15) is 0 Å². The average Bonchev–Trinajstić information content (AvgIpc) is 2.58. The maximum Gasteiger partial charge on any atom is 0.243 e. The van der Waals surface area contributed by atoms with E-state index in [-0.39, 0.29) is 11.7 Å². The highest BCUT2D eigenvalue weighted by Crippen LogP contribution is 2.18. The van der Waals surface area contributed by atoms with Crippen molar-refractivity contribution in [2.24, 2.45) is 0 Å². The van der Waals surface area contributed by atoms with Gasteiger partial charge in [0.15, 0.2) is 11.6 Å². The van der Waals surface area contributed by atoms with Crippen molar-refractivity contribution < 1.29 is 13.9 Å². The Bertz CT molecular complexity index is 569. The van der Waals surface area contributed by atoms with Gasteiger partial charge in [0.1, 0.15) is 0 Å². The number of halogens is 1. The molecule has 1 amide bonds. The first-order chi connectivity index (χ1) is 11.6. The third-order valence-electron chi connectivity index (χ3n) is 4.15. The fraction of sp³-hybridized carbons (Fsp3) is 0.500. The minimum Gasteiger partial charge on any atom is -0.494 e. The van der Waals surface area contributed by atoms with Crippen LogP contribution in [0.4, 0.5) is 4.39 Å². The first kappa shape index (κ1) is 18.4. The van der Waals surface area contributed by atoms with E-state index in [1.807, 2.05) is 0 Å². The van der Waals surface area contributed by atoms with Crippen LogP contribution < -0.4 is 10.1 Å². The number of nitrogens with one attached hydrogen (secondary N) is 1. The highest BCUT2D eigenvalue weighted by Gasteiger charge is 2.12. The lowest BCUT2D eigenvalue weighted by Gasteiger charge is -2.32. The number of carbonyl (C=O) groups is 1. The monoisotopic (exact) mass is 335 g/mol. The standard InChI is InChI=1S/C18H26FN3O2/c1-21-10-12-22(13-11-21)9-3-8-20-18(23)7-5-15-4-6-17(24-2)16(19)14-15/h4-7,14H,3,8-13H2,1-2H3,(H,20,23)/b7-5+. The molecule has 1 fully saturated rings. The molecular weight excluding hydrogens is 309 g/mol. The van der Waals surface area contributed by atoms with Crippen molar-refractivity contribution in [3.05, 3.63) is 35.7 Å². The molecule has 0 atom stereocenters. The molecule has 1 aliphatic rings. The molecule has 0 radical (unpaired) electrons. The highest BCUT2D eigenvalue weighted by atomic mass is 19.1. The summed E-state index contributed by atoms with van der Waals surface area (Å²) in [5.74, 6) is -0.405. The number of likely N-dealkylation sites (N-methyl/N-ethyl adjacent to an activating group) is 1. The van der Waals surface area contributed by atoms with E-state index in [9.17, 15) is 9.18 Å². The van der Waals surface area contributed by atoms with Gasteiger partial charge in [-0.25, -0.2) is 4.39 Å². The fourth-order valence-electron chi connectivity index (χ4n) is 2.60. The maximum absolute atomic E-state index is 13.6. The summed E-state index contributed by atoms with van der Waals surface area (Å²) in [5.41, 5.74) is 0.626. The van der Waals surface area contributed by atoms with Crippen LogP contribution in [0.3, 0.4) is 0 Å². The Balaban J connectivity index is 1.66. The van der Waals surface area contributed by atoms with E-state index in [2.05, 4.69) is 22.2 Å². The number of benzene rings is 1. The smallest absolute Gasteiger partial charge is 0.243 e. The van der Waals surface area contributed by atoms with Gasteiger partial charge in [-0.3, -0.25) is 4.79 Å². The molecule has 132 valence electrons. The van der Waals surface area contributed by atoms with Crippen molar-refractivity contribution in [2.75, 3.05) is 53.4 Å². The normalized spacial score (nSPS) is 16.5. The molecule has 0 bridgehead atoms. The topological polar surface area (TPSA) is 44.8 Å². The third-order valence-corrected chi connectivity index (χ3v) is 4.15. The van der Waals surface area contributed by atoms with Gasteiger partial charge in [0.05, 0.1) is 7.11 Å². The van der Waals surface area contributed by atoms with E-state index in [1.54, 1.807) is 18.2 Å². The predicted octanol–water partition coefficient (Wildman–Crippen LogP) is 1.60. The average molecular weight is 335 g/mol. The quantitative estimate of drug-likeness (QED) is 0.607. The summed E-state index contributed by atoms with van der Waals surface area (Å²) in [4.78, 5) is 16.5. The van der Waals surface area contributed by atoms with Crippen LogP contribution in [0.1, 0.15) is 12.0 Å². The number of ether oxygens (including phenoxy) is 1. The van der Waals surface area contributed by atoms with E-state index < -0.39 is 5.82 Å². The van der Waals surface area contributed by atoms with Crippen molar-refractivity contribution in [1.82, 2.24) is 15.1 Å². The highest BCUT2D eigenvalue weighted by molar-refractivity contribution is 5.91. The minimum absolute atomic E-state index is 0.162. The molecule has 5 nitrogen and oxygen atoms in total. The van der Waals surface area contributed by atoms with Crippen LogP contribution in [0.25, 0.3) is 6.08 Å². The van der Waals surface area contributed by atoms with Gasteiger partial charge in [-0.15, -0.1) is 0 Å². The van der Waals surface area contributed by atoms with Gasteiger partial charge < -0.3 is 19.9 Å². The summed E-state index contributed by atoms with van der Waals surface area (Å²) in [5, 5.41) is 2.86. The molecule has 1 heterocycles. The summed E-state index contributed by atoms with van der Waals surface area (Å²) in [6, 6.07) is 4.60. The Kier molecular flexibility index (Phi) is 7.21. The molecule has 1 aromatic rings. The van der Waals surface area contributed by atoms with E-state index in [4.69, 9.17) is 4.74 Å². The van der Waals surface area contributed by atoms with Gasteiger partial charge in [-0.1, -0.05) is 6.07 Å². The van der Waals surface area contributed by atoms with Gasteiger partial charge in [0, 0.05) is 38.8 Å². The van der Waals surface area contributed by atoms with Crippen LogP contribution >= 0.6 is 0 Å². The number of piperazine rings is 1. The second-order valence-corrected chi connectivity index (χ2v) is 6.02. The van der Waals surface area contributed by atoms with Gasteiger partial charge >= 0.3 is 0 Å². The van der Waals surface area contributed by atoms with E-state index in [1.165, 1.54) is 19.3 Å². The number of nitrogens with zero attached hydrogens (tertiary/aromatic N) is 2. The Morgan fingerprint density at radius 1 is 1.33 bits per heavy atom. The van der Waals surface area contributed by atoms with Crippen molar-refractivity contribution in [3.8, 4) is 5.75 Å². The Hall–Kier alpha value is -1.92. The summed E-state index contributed by atoms with van der Waals surface area (Å²) < 4.78 is 18.4. The number of hydrogen-bond donors (Lipinski definition) is 1. The van der Waals surface area contributed by atoms with Crippen LogP contribution in [0, 0.1) is 5.82 Å². The van der Waals surface area contributed by atoms with Gasteiger partial charge in [0.2, 0.25) is 5.91 Å². The van der Waals surface area contributed by atoms with Crippen LogP contribution in [0.15, 0.2) is 24.3 Å². The molecular formula is C18H26FN3O2. The maximum atomic E-state index is 13.6. The Labute approximate surface area is 143 Å². The molecule has 0 spiro atoms. The van der Waals surface area contributed by atoms with E-state index >= 15 is 0 Å². The summed E-state index contributed by atoms with van der Waals surface area (Å²) in [6.45, 7) is 6.04. The molecule has 0 aromatic heterocycles. The lowest BCUT2D eigenvalue weighted by molar-refractivity contribution is -0.116. The van der Waals surface area contributed by atoms with E-state index in [0.717, 1.165) is 39.1 Å². The Morgan fingerprint density at radius 2 is 2.08 bits per heavy atom. The van der Waals surface area contributed by atoms with Crippen LogP contribution in [0.5, 0.6) is 5.75 Å². The molecule has 0 saturated carbocycles. The van der Waals surface area contributed by atoms with E-state index in [0.29, 0.717) is 12.1 Å². The summed E-state index contributed by atoms with van der Waals surface area (Å²) in [6.07, 6.45) is 3.95. The van der Waals surface area contributed by atoms with Crippen molar-refractivity contribution in [1.29, 1.82) is 0 Å². The molecule has 0 aliphatic carbocycles. The third kappa shape index (κ3) is 5.94. The molecule has 1 N–H and O–H groups in total. The number of carbonyl (C=O) groups excluding carboxylic acids is 1. The molecule has 24 heavy (non-hydrogen) atoms. The second kappa shape index (κ2) is 9.39. The first-order valence-corrected chi connectivity index (χ1v) is 8.29. The van der Waals surface area contributed by atoms with Crippen molar-refractivity contribution >= 4 is 12.0 Å². The second-order valence-electron chi connectivity index (χ2n) is 6.02. The molecule has 2 rings (SSSR count). The van der Waals surface area contributed by atoms with Crippen LogP contribution in [-0.4, -0.2) is 69.1 Å². The zero-order chi connectivity index (χ0) is 17.4. The van der Waals surface area contributed by atoms with Crippen LogP contribution in [0.2, 0.25) is 0 Å². The molecule has 1 aromatic carbocycles. The number of methoxy groups -OCH3 is 1. The fourth-order valence-corrected chi connectivity index (χ4v) is 2.60. The van der Waals surface area contributed by atoms with Gasteiger partial charge in [0.25, 0.3) is 0 Å². The molecule has 1 aliphatic heterocycles. The lowest BCUT2D eigenvalue weighted by atomic mass is 10.2. The predicted molar refractivity (Wildman–Crippen MR) is 93.5 cm³/mol. The van der Waals surface area contributed by atoms with Crippen molar-refractivity contribution in [2.45, 2.75) is 6.42 Å². The first-order valence-electron chi connectivity index (χ1n) is 8.29. The Morgan fingerprint density at radius 3 is 2.75 bits per heavy atom.